The van der Waals surface area contributed by atoms with Gasteiger partial charge in [0.05, 0.1) is 6.10 Å². The van der Waals surface area contributed by atoms with Crippen molar-refractivity contribution in [1.82, 2.24) is 26.2 Å². The van der Waals surface area contributed by atoms with Crippen LogP contribution in [0.4, 0.5) is 0 Å². The number of rotatable bonds is 15. The first-order valence-corrected chi connectivity index (χ1v) is 21.1. The molecule has 0 saturated heterocycles. The molecule has 9 N–H and O–H groups in total. The summed E-state index contributed by atoms with van der Waals surface area (Å²) in [5.74, 6) is -4.97. The minimum absolute atomic E-state index is 0.0906. The summed E-state index contributed by atoms with van der Waals surface area (Å²) in [6.45, 7) is 5.35. The molecule has 5 rings (SSSR count). The second kappa shape index (κ2) is 21.5. The molecule has 2 aliphatic rings. The van der Waals surface area contributed by atoms with Gasteiger partial charge < -0.3 is 47.2 Å². The van der Waals surface area contributed by atoms with E-state index in [9.17, 15) is 44.1 Å². The highest BCUT2D eigenvalue weighted by molar-refractivity contribution is 5.99. The first-order chi connectivity index (χ1) is 29.6. The van der Waals surface area contributed by atoms with Crippen molar-refractivity contribution in [3.8, 4) is 16.9 Å². The molecular weight excluding hydrogens is 793 g/mol. The van der Waals surface area contributed by atoms with E-state index in [2.05, 4.69) is 52.5 Å². The lowest BCUT2D eigenvalue weighted by Gasteiger charge is -2.33. The number of fused-ring (bicyclic) bond motifs is 4. The van der Waals surface area contributed by atoms with E-state index in [-0.39, 0.29) is 41.7 Å². The first-order valence-electron chi connectivity index (χ1n) is 21.1. The molecule has 15 heteroatoms. The molecule has 0 saturated carbocycles. The Balaban J connectivity index is 1.37. The van der Waals surface area contributed by atoms with Gasteiger partial charge in [-0.25, -0.2) is 4.79 Å². The molecule has 3 aromatic carbocycles. The second-order valence-corrected chi connectivity index (χ2v) is 16.0. The summed E-state index contributed by atoms with van der Waals surface area (Å²) in [5.41, 5.74) is 10.4. The minimum atomic E-state index is -1.44. The number of likely N-dealkylation sites (N-methyl/N-ethyl adjacent to an activating group) is 1. The molecule has 15 nitrogen and oxygen atoms in total. The van der Waals surface area contributed by atoms with Gasteiger partial charge >= 0.3 is 5.97 Å². The van der Waals surface area contributed by atoms with Crippen LogP contribution >= 0.6 is 0 Å². The van der Waals surface area contributed by atoms with E-state index in [0.717, 1.165) is 35.3 Å². The van der Waals surface area contributed by atoms with Gasteiger partial charge in [0.1, 0.15) is 36.0 Å². The maximum absolute atomic E-state index is 14.5. The number of benzene rings is 3. The number of aliphatic hydroxyl groups is 1. The predicted octanol–water partition coefficient (Wildman–Crippen LogP) is 3.89. The number of amides is 5. The molecule has 330 valence electrons. The van der Waals surface area contributed by atoms with Crippen molar-refractivity contribution in [1.29, 1.82) is 0 Å². The van der Waals surface area contributed by atoms with Gasteiger partial charge in [0, 0.05) is 24.6 Å². The smallest absolute Gasteiger partial charge is 0.326 e. The van der Waals surface area contributed by atoms with Gasteiger partial charge in [0.2, 0.25) is 23.6 Å². The third-order valence-electron chi connectivity index (χ3n) is 11.3. The average molecular weight is 851 g/mol. The van der Waals surface area contributed by atoms with Gasteiger partial charge in [-0.2, -0.15) is 0 Å². The zero-order valence-corrected chi connectivity index (χ0v) is 35.6. The number of allylic oxidation sites excluding steroid dienone is 1. The number of hydrogen-bond acceptors (Lipinski definition) is 9. The highest BCUT2D eigenvalue weighted by atomic mass is 16.4. The van der Waals surface area contributed by atoms with Crippen LogP contribution < -0.4 is 27.0 Å². The normalized spacial score (nSPS) is 19.9. The van der Waals surface area contributed by atoms with E-state index in [1.165, 1.54) is 44.7 Å². The van der Waals surface area contributed by atoms with Gasteiger partial charge in [-0.3, -0.25) is 24.0 Å². The Kier molecular flexibility index (Phi) is 16.2. The van der Waals surface area contributed by atoms with Crippen molar-refractivity contribution in [2.45, 2.75) is 108 Å². The number of aromatic hydroxyl groups is 1. The van der Waals surface area contributed by atoms with E-state index >= 15 is 0 Å². The monoisotopic (exact) mass is 850 g/mol. The van der Waals surface area contributed by atoms with Gasteiger partial charge in [-0.15, -0.1) is 0 Å². The third-order valence-corrected chi connectivity index (χ3v) is 11.3. The molecule has 1 unspecified atom stereocenters. The Morgan fingerprint density at radius 3 is 2.24 bits per heavy atom. The fourth-order valence-electron chi connectivity index (χ4n) is 7.56. The van der Waals surface area contributed by atoms with Gasteiger partial charge in [-0.05, 0) is 117 Å². The summed E-state index contributed by atoms with van der Waals surface area (Å²) in [4.78, 5) is 82.2. The number of carboxylic acid groups (broad SMARTS) is 1. The molecule has 0 radical (unpaired) electrons. The molecule has 0 aromatic heterocycles. The molecule has 0 spiro atoms. The fraction of sp³-hybridized carbons (Fsp3) is 0.404. The molecule has 3 aromatic rings. The van der Waals surface area contributed by atoms with Crippen molar-refractivity contribution in [2.24, 2.45) is 5.73 Å². The second-order valence-electron chi connectivity index (χ2n) is 16.0. The van der Waals surface area contributed by atoms with Crippen LogP contribution in [0.3, 0.4) is 0 Å². The number of nitrogens with zero attached hydrogens (tertiary/aromatic N) is 1. The number of nitrogens with two attached hydrogens (primary N) is 1. The van der Waals surface area contributed by atoms with Gasteiger partial charge in [0.25, 0.3) is 5.91 Å². The predicted molar refractivity (Wildman–Crippen MR) is 234 cm³/mol. The molecule has 1 aliphatic heterocycles. The molecule has 6 atom stereocenters. The molecule has 5 amide bonds. The summed E-state index contributed by atoms with van der Waals surface area (Å²) in [6, 6.07) is 13.2. The van der Waals surface area contributed by atoms with Crippen LogP contribution in [0.2, 0.25) is 0 Å². The van der Waals surface area contributed by atoms with Crippen molar-refractivity contribution >= 4 is 41.1 Å². The molecule has 1 heterocycles. The fourth-order valence-corrected chi connectivity index (χ4v) is 7.56. The Bertz CT molecular complexity index is 2190. The van der Waals surface area contributed by atoms with Gasteiger partial charge in [0.15, 0.2) is 0 Å². The van der Waals surface area contributed by atoms with Crippen LogP contribution in [0.1, 0.15) is 98.8 Å². The number of nitrogens with one attached hydrogen (secondary N) is 4. The molecule has 0 fully saturated rings. The van der Waals surface area contributed by atoms with Crippen molar-refractivity contribution in [3.05, 3.63) is 107 Å². The standard InChI is InChI=1S/C47H58N6O9/c1-5-6-9-29-11-14-31(15-12-29)32-16-18-33(19-17-32)44(58)49-27(2)42(56)51-37(10-7-8-23-48)46(60)53(4)41-34-20-22-40(55)36(26-34)35-24-30(13-21-39(35)54)25-38(47(61)62)52-43(57)28(3)50-45(41)59/h11-20,22,24,26-28,37-39,41,54-55H,5-10,21,23,25,48H2,1-4H3,(H,49,58)(H,50,59)(H,51,56)(H,52,57)(H,61,62)/t27-,28+,37+,38+,39?,41+/m1/s1. The zero-order chi connectivity index (χ0) is 45.1. The summed E-state index contributed by atoms with van der Waals surface area (Å²) in [5, 5.41) is 42.5. The lowest BCUT2D eigenvalue weighted by molar-refractivity contribution is -0.144. The number of aliphatic hydroxyl groups excluding tert-OH is 1. The highest BCUT2D eigenvalue weighted by Crippen LogP contribution is 2.36. The lowest BCUT2D eigenvalue weighted by Crippen LogP contribution is -2.56. The number of phenolic OH excluding ortho intramolecular Hbond substituents is 1. The van der Waals surface area contributed by atoms with Crippen molar-refractivity contribution in [2.75, 3.05) is 13.6 Å². The van der Waals surface area contributed by atoms with E-state index in [1.807, 2.05) is 12.1 Å². The largest absolute Gasteiger partial charge is 0.507 e. The molecular formula is C47H58N6O9. The highest BCUT2D eigenvalue weighted by Gasteiger charge is 2.37. The van der Waals surface area contributed by atoms with E-state index < -0.39 is 71.8 Å². The number of carbonyl (C=O) groups is 6. The number of phenols is 1. The zero-order valence-electron chi connectivity index (χ0n) is 35.6. The van der Waals surface area contributed by atoms with Crippen LogP contribution in [0.5, 0.6) is 5.75 Å². The number of aryl methyl sites for hydroxylation is 1. The van der Waals surface area contributed by atoms with Crippen LogP contribution in [0, 0.1) is 0 Å². The lowest BCUT2D eigenvalue weighted by atomic mass is 9.87. The Labute approximate surface area is 361 Å². The topological polar surface area (TPSA) is 240 Å². The molecule has 4 bridgehead atoms. The summed E-state index contributed by atoms with van der Waals surface area (Å²) >= 11 is 0. The Morgan fingerprint density at radius 1 is 0.919 bits per heavy atom. The molecule has 1 aliphatic carbocycles. The Morgan fingerprint density at radius 2 is 1.60 bits per heavy atom. The maximum Gasteiger partial charge on any atom is 0.326 e. The summed E-state index contributed by atoms with van der Waals surface area (Å²) < 4.78 is 0. The summed E-state index contributed by atoms with van der Waals surface area (Å²) in [6.07, 6.45) is 6.41. The summed E-state index contributed by atoms with van der Waals surface area (Å²) in [7, 11) is 1.36. The Hall–Kier alpha value is -6.32. The van der Waals surface area contributed by atoms with E-state index in [4.69, 9.17) is 5.73 Å². The maximum atomic E-state index is 14.5. The number of carbonyl (C=O) groups excluding carboxylic acids is 5. The quantitative estimate of drug-likeness (QED) is 0.103. The van der Waals surface area contributed by atoms with E-state index in [1.54, 1.807) is 24.3 Å². The van der Waals surface area contributed by atoms with Crippen molar-refractivity contribution < 1.29 is 44.1 Å². The number of aliphatic carboxylic acids is 1. The van der Waals surface area contributed by atoms with Gasteiger partial charge in [-0.1, -0.05) is 68.0 Å². The van der Waals surface area contributed by atoms with E-state index in [0.29, 0.717) is 30.5 Å². The van der Waals surface area contributed by atoms with Crippen LogP contribution in [-0.4, -0.2) is 99.6 Å². The number of hydrogen-bond donors (Lipinski definition) is 8. The number of carboxylic acids is 1. The SMILES string of the molecule is CCCCc1ccc(-c2ccc(C(=O)N[C@H](C)C(=O)N[C@@H](CCCCN)C(=O)N(C)[C@@H]3C(=O)N[C@@H](C)C(=O)N[C@H](C(=O)O)CC4=CCC(O)C(=C4)c4cc3ccc4O)cc2)cc1. The van der Waals surface area contributed by atoms with Crippen LogP contribution in [-0.2, 0) is 30.4 Å². The van der Waals surface area contributed by atoms with Crippen LogP contribution in [0.15, 0.2) is 84.5 Å². The van der Waals surface area contributed by atoms with Crippen LogP contribution in [0.25, 0.3) is 16.7 Å². The van der Waals surface area contributed by atoms with Crippen molar-refractivity contribution in [3.63, 3.8) is 0 Å². The third kappa shape index (κ3) is 11.7. The molecule has 62 heavy (non-hydrogen) atoms. The average Bonchev–Trinajstić information content (AvgIpc) is 3.25. The minimum Gasteiger partial charge on any atom is -0.507 e. The first kappa shape index (κ1) is 46.7. The number of unbranched alkanes of at least 4 members (excludes halogenated alkanes) is 2.